The Morgan fingerprint density at radius 3 is 2.32 bits per heavy atom. The molecule has 100 valence electrons. The minimum atomic E-state index is 0.159. The Kier molecular flexibility index (Phi) is 4.72. The largest absolute Gasteiger partial charge is 0.271 e. The molecule has 2 rings (SSSR count). The Hall–Kier alpha value is -1.64. The number of rotatable bonds is 5. The molecule has 0 amide bonds. The molecule has 0 saturated heterocycles. The Labute approximate surface area is 115 Å². The minimum absolute atomic E-state index is 0.159. The Morgan fingerprint density at radius 2 is 1.74 bits per heavy atom. The van der Waals surface area contributed by atoms with Gasteiger partial charge in [0.2, 0.25) is 0 Å². The fourth-order valence-electron chi connectivity index (χ4n) is 2.32. The summed E-state index contributed by atoms with van der Waals surface area (Å²) < 4.78 is 0. The normalized spacial score (nSPS) is 12.4. The van der Waals surface area contributed by atoms with Crippen LogP contribution in [-0.4, -0.2) is 0 Å². The molecule has 0 bridgehead atoms. The van der Waals surface area contributed by atoms with Gasteiger partial charge in [-0.1, -0.05) is 55.5 Å². The van der Waals surface area contributed by atoms with Gasteiger partial charge in [-0.25, -0.2) is 0 Å². The second kappa shape index (κ2) is 6.50. The van der Waals surface area contributed by atoms with Gasteiger partial charge in [0, 0.05) is 6.04 Å². The van der Waals surface area contributed by atoms with Gasteiger partial charge in [0.15, 0.2) is 0 Å². The quantitative estimate of drug-likeness (QED) is 0.634. The third-order valence-electron chi connectivity index (χ3n) is 3.68. The molecule has 2 heteroatoms. The third kappa shape index (κ3) is 3.43. The third-order valence-corrected chi connectivity index (χ3v) is 3.68. The number of hydrazine groups is 1. The van der Waals surface area contributed by atoms with Crippen LogP contribution >= 0.6 is 0 Å². The molecule has 3 N–H and O–H groups in total. The van der Waals surface area contributed by atoms with E-state index in [1.165, 1.54) is 22.3 Å². The standard InChI is InChI=1S/C17H22N2/c1-3-14-8-10-15(11-9-14)17(19-18)12-16-7-5-4-6-13(16)2/h4-11,17,19H,3,12,18H2,1-2H3. The van der Waals surface area contributed by atoms with Crippen LogP contribution in [0.1, 0.15) is 35.2 Å². The van der Waals surface area contributed by atoms with E-state index in [-0.39, 0.29) is 6.04 Å². The van der Waals surface area contributed by atoms with Gasteiger partial charge in [0.1, 0.15) is 0 Å². The van der Waals surface area contributed by atoms with Gasteiger partial charge in [-0.2, -0.15) is 0 Å². The van der Waals surface area contributed by atoms with Crippen molar-refractivity contribution < 1.29 is 0 Å². The maximum atomic E-state index is 5.72. The van der Waals surface area contributed by atoms with Gasteiger partial charge in [0.25, 0.3) is 0 Å². The fourth-order valence-corrected chi connectivity index (χ4v) is 2.32. The van der Waals surface area contributed by atoms with Gasteiger partial charge in [0.05, 0.1) is 0 Å². The molecule has 0 saturated carbocycles. The first-order valence-electron chi connectivity index (χ1n) is 6.84. The first-order chi connectivity index (χ1) is 9.24. The van der Waals surface area contributed by atoms with Gasteiger partial charge in [-0.15, -0.1) is 0 Å². The van der Waals surface area contributed by atoms with Crippen molar-refractivity contribution in [1.82, 2.24) is 5.43 Å². The SMILES string of the molecule is CCc1ccc(C(Cc2ccccc2C)NN)cc1. The van der Waals surface area contributed by atoms with Crippen LogP contribution in [0, 0.1) is 6.92 Å². The molecular formula is C17H22N2. The van der Waals surface area contributed by atoms with Gasteiger partial charge in [-0.05, 0) is 42.0 Å². The first kappa shape index (κ1) is 13.8. The average molecular weight is 254 g/mol. The zero-order valence-electron chi connectivity index (χ0n) is 11.7. The van der Waals surface area contributed by atoms with Crippen LogP contribution in [0.15, 0.2) is 48.5 Å². The summed E-state index contributed by atoms with van der Waals surface area (Å²) in [7, 11) is 0. The van der Waals surface area contributed by atoms with Crippen molar-refractivity contribution in [3.8, 4) is 0 Å². The van der Waals surface area contributed by atoms with E-state index in [1.807, 2.05) is 0 Å². The fraction of sp³-hybridized carbons (Fsp3) is 0.294. The van der Waals surface area contributed by atoms with E-state index >= 15 is 0 Å². The molecule has 1 unspecified atom stereocenters. The first-order valence-corrected chi connectivity index (χ1v) is 6.84. The van der Waals surface area contributed by atoms with E-state index in [9.17, 15) is 0 Å². The summed E-state index contributed by atoms with van der Waals surface area (Å²) in [6, 6.07) is 17.3. The van der Waals surface area contributed by atoms with Crippen LogP contribution in [0.4, 0.5) is 0 Å². The van der Waals surface area contributed by atoms with Crippen molar-refractivity contribution in [3.05, 3.63) is 70.8 Å². The van der Waals surface area contributed by atoms with Crippen LogP contribution in [0.5, 0.6) is 0 Å². The highest BCUT2D eigenvalue weighted by Crippen LogP contribution is 2.20. The monoisotopic (exact) mass is 254 g/mol. The Morgan fingerprint density at radius 1 is 1.05 bits per heavy atom. The van der Waals surface area contributed by atoms with E-state index in [4.69, 9.17) is 5.84 Å². The number of aryl methyl sites for hydroxylation is 2. The van der Waals surface area contributed by atoms with Crippen molar-refractivity contribution in [2.24, 2.45) is 5.84 Å². The molecule has 0 aliphatic carbocycles. The van der Waals surface area contributed by atoms with E-state index in [2.05, 4.69) is 67.8 Å². The summed E-state index contributed by atoms with van der Waals surface area (Å²) in [6.45, 7) is 4.31. The maximum absolute atomic E-state index is 5.72. The van der Waals surface area contributed by atoms with Crippen molar-refractivity contribution in [1.29, 1.82) is 0 Å². The molecule has 0 fully saturated rings. The second-order valence-electron chi connectivity index (χ2n) is 4.94. The summed E-state index contributed by atoms with van der Waals surface area (Å²) in [5.41, 5.74) is 8.18. The van der Waals surface area contributed by atoms with E-state index in [1.54, 1.807) is 0 Å². The molecule has 0 aliphatic rings. The molecule has 2 aromatic rings. The van der Waals surface area contributed by atoms with Crippen molar-refractivity contribution in [2.45, 2.75) is 32.7 Å². The second-order valence-corrected chi connectivity index (χ2v) is 4.94. The number of hydrogen-bond donors (Lipinski definition) is 2. The topological polar surface area (TPSA) is 38.0 Å². The zero-order valence-corrected chi connectivity index (χ0v) is 11.7. The molecule has 19 heavy (non-hydrogen) atoms. The smallest absolute Gasteiger partial charge is 0.0500 e. The van der Waals surface area contributed by atoms with Crippen LogP contribution in [0.2, 0.25) is 0 Å². The van der Waals surface area contributed by atoms with E-state index < -0.39 is 0 Å². The predicted molar refractivity (Wildman–Crippen MR) is 80.8 cm³/mol. The molecule has 2 nitrogen and oxygen atoms in total. The highest BCUT2D eigenvalue weighted by atomic mass is 15.2. The van der Waals surface area contributed by atoms with Gasteiger partial charge in [-0.3, -0.25) is 11.3 Å². The van der Waals surface area contributed by atoms with Crippen molar-refractivity contribution in [2.75, 3.05) is 0 Å². The highest BCUT2D eigenvalue weighted by molar-refractivity contribution is 5.30. The molecule has 0 aliphatic heterocycles. The molecule has 0 heterocycles. The van der Waals surface area contributed by atoms with Gasteiger partial charge < -0.3 is 0 Å². The maximum Gasteiger partial charge on any atom is 0.0500 e. The molecule has 2 aromatic carbocycles. The predicted octanol–water partition coefficient (Wildman–Crippen LogP) is 3.30. The molecular weight excluding hydrogens is 232 g/mol. The summed E-state index contributed by atoms with van der Waals surface area (Å²) in [5.74, 6) is 5.72. The van der Waals surface area contributed by atoms with Crippen molar-refractivity contribution >= 4 is 0 Å². The van der Waals surface area contributed by atoms with Crippen LogP contribution in [-0.2, 0) is 12.8 Å². The lowest BCUT2D eigenvalue weighted by Gasteiger charge is -2.18. The number of nitrogens with one attached hydrogen (secondary N) is 1. The summed E-state index contributed by atoms with van der Waals surface area (Å²) in [5, 5.41) is 0. The van der Waals surface area contributed by atoms with Crippen LogP contribution < -0.4 is 11.3 Å². The minimum Gasteiger partial charge on any atom is -0.271 e. The number of benzene rings is 2. The Bertz CT molecular complexity index is 517. The highest BCUT2D eigenvalue weighted by Gasteiger charge is 2.11. The van der Waals surface area contributed by atoms with Crippen molar-refractivity contribution in [3.63, 3.8) is 0 Å². The van der Waals surface area contributed by atoms with Crippen LogP contribution in [0.3, 0.4) is 0 Å². The summed E-state index contributed by atoms with van der Waals surface area (Å²) in [6.07, 6.45) is 1.98. The average Bonchev–Trinajstić information content (AvgIpc) is 2.47. The lowest BCUT2D eigenvalue weighted by Crippen LogP contribution is -2.29. The number of hydrogen-bond acceptors (Lipinski definition) is 2. The molecule has 1 atom stereocenters. The number of nitrogens with two attached hydrogens (primary N) is 1. The van der Waals surface area contributed by atoms with E-state index in [0.717, 1.165) is 12.8 Å². The zero-order chi connectivity index (χ0) is 13.7. The molecule has 0 aromatic heterocycles. The summed E-state index contributed by atoms with van der Waals surface area (Å²) in [4.78, 5) is 0. The molecule has 0 spiro atoms. The van der Waals surface area contributed by atoms with E-state index in [0.29, 0.717) is 0 Å². The molecule has 0 radical (unpaired) electrons. The lowest BCUT2D eigenvalue weighted by atomic mass is 9.96. The van der Waals surface area contributed by atoms with Crippen LogP contribution in [0.25, 0.3) is 0 Å². The lowest BCUT2D eigenvalue weighted by molar-refractivity contribution is 0.550. The Balaban J connectivity index is 2.17. The summed E-state index contributed by atoms with van der Waals surface area (Å²) >= 11 is 0. The van der Waals surface area contributed by atoms with Gasteiger partial charge >= 0.3 is 0 Å².